The standard InChI is InChI=1S/C17H21ClN2S/c1-13(16-7-8-17(18)21-16)19-14-9-11-20(12-10-14)15-5-3-2-4-6-15/h2-8,13-14,19H,9-12H2,1H3. The van der Waals surface area contributed by atoms with E-state index in [9.17, 15) is 0 Å². The van der Waals surface area contributed by atoms with Crippen molar-refractivity contribution >= 4 is 28.6 Å². The minimum absolute atomic E-state index is 0.385. The maximum Gasteiger partial charge on any atom is 0.0931 e. The molecule has 3 rings (SSSR count). The highest BCUT2D eigenvalue weighted by Crippen LogP contribution is 2.28. The molecule has 1 fully saturated rings. The van der Waals surface area contributed by atoms with Crippen LogP contribution in [0.4, 0.5) is 5.69 Å². The van der Waals surface area contributed by atoms with Gasteiger partial charge in [0.25, 0.3) is 0 Å². The summed E-state index contributed by atoms with van der Waals surface area (Å²) in [6.45, 7) is 4.48. The normalized spacial score (nSPS) is 17.9. The van der Waals surface area contributed by atoms with E-state index in [1.165, 1.54) is 23.4 Å². The molecule has 1 N–H and O–H groups in total. The van der Waals surface area contributed by atoms with Gasteiger partial charge in [0.05, 0.1) is 4.34 Å². The van der Waals surface area contributed by atoms with E-state index in [-0.39, 0.29) is 0 Å². The van der Waals surface area contributed by atoms with Gasteiger partial charge in [-0.25, -0.2) is 0 Å². The van der Waals surface area contributed by atoms with Crippen LogP contribution in [0.5, 0.6) is 0 Å². The molecule has 1 aliphatic heterocycles. The molecule has 1 aromatic heterocycles. The van der Waals surface area contributed by atoms with Gasteiger partial charge >= 0.3 is 0 Å². The van der Waals surface area contributed by atoms with Gasteiger partial charge < -0.3 is 10.2 Å². The number of hydrogen-bond donors (Lipinski definition) is 1. The van der Waals surface area contributed by atoms with E-state index in [2.05, 4.69) is 53.5 Å². The molecule has 0 aliphatic carbocycles. The molecule has 0 saturated carbocycles. The van der Waals surface area contributed by atoms with Crippen molar-refractivity contribution in [3.63, 3.8) is 0 Å². The number of piperidine rings is 1. The van der Waals surface area contributed by atoms with Gasteiger partial charge in [0.1, 0.15) is 0 Å². The van der Waals surface area contributed by atoms with Crippen molar-refractivity contribution < 1.29 is 0 Å². The minimum atomic E-state index is 0.385. The molecule has 0 amide bonds. The molecule has 2 aromatic rings. The SMILES string of the molecule is CC(NC1CCN(c2ccccc2)CC1)c1ccc(Cl)s1. The second-order valence-electron chi connectivity index (χ2n) is 5.63. The Bertz CT molecular complexity index is 561. The van der Waals surface area contributed by atoms with Gasteiger partial charge in [0.15, 0.2) is 0 Å². The van der Waals surface area contributed by atoms with Crippen LogP contribution in [-0.2, 0) is 0 Å². The summed E-state index contributed by atoms with van der Waals surface area (Å²) in [5.41, 5.74) is 1.34. The average molecular weight is 321 g/mol. The van der Waals surface area contributed by atoms with Gasteiger partial charge in [-0.05, 0) is 44.0 Å². The lowest BCUT2D eigenvalue weighted by molar-refractivity contribution is 0.383. The summed E-state index contributed by atoms with van der Waals surface area (Å²) in [5, 5.41) is 3.75. The zero-order chi connectivity index (χ0) is 14.7. The molecule has 1 aliphatic rings. The van der Waals surface area contributed by atoms with E-state index in [1.54, 1.807) is 11.3 Å². The van der Waals surface area contributed by atoms with Crippen molar-refractivity contribution in [2.75, 3.05) is 18.0 Å². The second-order valence-corrected chi connectivity index (χ2v) is 7.37. The highest BCUT2D eigenvalue weighted by atomic mass is 35.5. The Balaban J connectivity index is 1.52. The van der Waals surface area contributed by atoms with Gasteiger partial charge in [-0.2, -0.15) is 0 Å². The molecule has 1 aromatic carbocycles. The van der Waals surface area contributed by atoms with Gasteiger partial charge in [0, 0.05) is 35.7 Å². The number of benzene rings is 1. The Morgan fingerprint density at radius 1 is 1.14 bits per heavy atom. The van der Waals surface area contributed by atoms with E-state index in [1.807, 2.05) is 6.07 Å². The summed E-state index contributed by atoms with van der Waals surface area (Å²) in [4.78, 5) is 3.80. The molecule has 2 nitrogen and oxygen atoms in total. The average Bonchev–Trinajstić information content (AvgIpc) is 2.96. The van der Waals surface area contributed by atoms with Gasteiger partial charge in [-0.15, -0.1) is 11.3 Å². The first-order valence-corrected chi connectivity index (χ1v) is 8.73. The quantitative estimate of drug-likeness (QED) is 0.876. The number of anilines is 1. The molecular weight excluding hydrogens is 300 g/mol. The zero-order valence-electron chi connectivity index (χ0n) is 12.3. The van der Waals surface area contributed by atoms with Crippen molar-refractivity contribution in [2.24, 2.45) is 0 Å². The number of thiophene rings is 1. The van der Waals surface area contributed by atoms with Crippen molar-refractivity contribution in [3.05, 3.63) is 51.7 Å². The molecule has 112 valence electrons. The molecule has 21 heavy (non-hydrogen) atoms. The zero-order valence-corrected chi connectivity index (χ0v) is 13.8. The van der Waals surface area contributed by atoms with Crippen LogP contribution in [0.3, 0.4) is 0 Å². The lowest BCUT2D eigenvalue weighted by atomic mass is 10.0. The van der Waals surface area contributed by atoms with Crippen LogP contribution in [0, 0.1) is 0 Å². The minimum Gasteiger partial charge on any atom is -0.371 e. The van der Waals surface area contributed by atoms with Gasteiger partial charge in [0.2, 0.25) is 0 Å². The van der Waals surface area contributed by atoms with Crippen molar-refractivity contribution in [2.45, 2.75) is 31.8 Å². The topological polar surface area (TPSA) is 15.3 Å². The van der Waals surface area contributed by atoms with Crippen LogP contribution in [0.25, 0.3) is 0 Å². The molecule has 0 radical (unpaired) electrons. The largest absolute Gasteiger partial charge is 0.371 e. The van der Waals surface area contributed by atoms with Crippen molar-refractivity contribution in [1.82, 2.24) is 5.32 Å². The summed E-state index contributed by atoms with van der Waals surface area (Å²) < 4.78 is 0.873. The first-order chi connectivity index (χ1) is 10.2. The van der Waals surface area contributed by atoms with E-state index in [4.69, 9.17) is 11.6 Å². The molecule has 1 atom stereocenters. The molecule has 1 saturated heterocycles. The van der Waals surface area contributed by atoms with Gasteiger partial charge in [-0.1, -0.05) is 29.8 Å². The summed E-state index contributed by atoms with van der Waals surface area (Å²) in [5.74, 6) is 0. The van der Waals surface area contributed by atoms with Crippen LogP contribution < -0.4 is 10.2 Å². The monoisotopic (exact) mass is 320 g/mol. The van der Waals surface area contributed by atoms with Crippen LogP contribution in [-0.4, -0.2) is 19.1 Å². The summed E-state index contributed by atoms with van der Waals surface area (Å²) in [6, 6.07) is 15.8. The van der Waals surface area contributed by atoms with Crippen LogP contribution >= 0.6 is 22.9 Å². The Morgan fingerprint density at radius 3 is 2.48 bits per heavy atom. The number of para-hydroxylation sites is 1. The number of halogens is 1. The summed E-state index contributed by atoms with van der Waals surface area (Å²) in [7, 11) is 0. The summed E-state index contributed by atoms with van der Waals surface area (Å²) >= 11 is 7.69. The third-order valence-corrected chi connectivity index (χ3v) is 5.54. The first-order valence-electron chi connectivity index (χ1n) is 7.53. The lowest BCUT2D eigenvalue weighted by Crippen LogP contribution is -2.43. The predicted octanol–water partition coefficient (Wildman–Crippen LogP) is 4.72. The summed E-state index contributed by atoms with van der Waals surface area (Å²) in [6.07, 6.45) is 2.39. The Morgan fingerprint density at radius 2 is 1.86 bits per heavy atom. The Hall–Kier alpha value is -1.03. The fourth-order valence-corrected chi connectivity index (χ4v) is 4.01. The van der Waals surface area contributed by atoms with Crippen LogP contribution in [0.2, 0.25) is 4.34 Å². The third kappa shape index (κ3) is 3.79. The second kappa shape index (κ2) is 6.82. The Kier molecular flexibility index (Phi) is 4.84. The first kappa shape index (κ1) is 14.9. The molecule has 0 bridgehead atoms. The lowest BCUT2D eigenvalue weighted by Gasteiger charge is -2.35. The maximum absolute atomic E-state index is 6.02. The molecule has 2 heterocycles. The van der Waals surface area contributed by atoms with Crippen molar-refractivity contribution in [1.29, 1.82) is 0 Å². The molecule has 0 spiro atoms. The number of hydrogen-bond acceptors (Lipinski definition) is 3. The fraction of sp³-hybridized carbons (Fsp3) is 0.412. The highest BCUT2D eigenvalue weighted by molar-refractivity contribution is 7.16. The van der Waals surface area contributed by atoms with E-state index in [0.717, 1.165) is 17.4 Å². The smallest absolute Gasteiger partial charge is 0.0931 e. The fourth-order valence-electron chi connectivity index (χ4n) is 2.94. The van der Waals surface area contributed by atoms with E-state index < -0.39 is 0 Å². The predicted molar refractivity (Wildman–Crippen MR) is 92.6 cm³/mol. The molecule has 1 unspecified atom stereocenters. The van der Waals surface area contributed by atoms with E-state index in [0.29, 0.717) is 12.1 Å². The maximum atomic E-state index is 6.02. The van der Waals surface area contributed by atoms with Crippen LogP contribution in [0.1, 0.15) is 30.7 Å². The van der Waals surface area contributed by atoms with Crippen molar-refractivity contribution in [3.8, 4) is 0 Å². The highest BCUT2D eigenvalue weighted by Gasteiger charge is 2.21. The third-order valence-electron chi connectivity index (χ3n) is 4.12. The number of nitrogens with one attached hydrogen (secondary N) is 1. The van der Waals surface area contributed by atoms with Gasteiger partial charge in [-0.3, -0.25) is 0 Å². The molecule has 4 heteroatoms. The van der Waals surface area contributed by atoms with Crippen LogP contribution in [0.15, 0.2) is 42.5 Å². The van der Waals surface area contributed by atoms with E-state index >= 15 is 0 Å². The Labute approximate surface area is 135 Å². The molecular formula is C17H21ClN2S. The number of nitrogens with zero attached hydrogens (tertiary/aromatic N) is 1. The number of rotatable bonds is 4.